The molecular weight excluding hydrogens is 498 g/mol. The standard InChI is InChI=1S/C25H26NOP.2ClH.Zn/c1-25(2,3)23-18-27-24(26-23)21-16-10-11-17-22(21)28(19-12-6-4-7-13-19)20-14-8-5-9-15-20;;;/h4-17,23H,18H2,1-3H3;2*1H;/q;;;+2/p-1/t23-;;;/m1.../s1. The van der Waals surface area contributed by atoms with Crippen LogP contribution in [0.5, 0.6) is 0 Å². The van der Waals surface area contributed by atoms with Crippen LogP contribution < -0.4 is 15.9 Å². The number of halogens is 2. The van der Waals surface area contributed by atoms with E-state index in [4.69, 9.17) is 29.1 Å². The van der Waals surface area contributed by atoms with E-state index in [2.05, 4.69) is 106 Å². The Morgan fingerprint density at radius 1 is 0.839 bits per heavy atom. The van der Waals surface area contributed by atoms with Gasteiger partial charge < -0.3 is 4.74 Å². The Kier molecular flexibility index (Phi) is 9.11. The van der Waals surface area contributed by atoms with Crippen LogP contribution in [-0.2, 0) is 19.9 Å². The van der Waals surface area contributed by atoms with Gasteiger partial charge in [0, 0.05) is 0 Å². The second-order valence-electron chi connectivity index (χ2n) is 8.38. The fraction of sp³-hybridized carbons (Fsp3) is 0.240. The minimum absolute atomic E-state index is 0.101. The second kappa shape index (κ2) is 11.6. The van der Waals surface area contributed by atoms with Gasteiger partial charge in [-0.1, -0.05) is 69.3 Å². The van der Waals surface area contributed by atoms with Crippen LogP contribution in [0.4, 0.5) is 0 Å². The van der Waals surface area contributed by atoms with Gasteiger partial charge in [0.25, 0.3) is 0 Å². The summed E-state index contributed by atoms with van der Waals surface area (Å²) in [5, 5.41) is 4.08. The van der Waals surface area contributed by atoms with Gasteiger partial charge in [-0.15, -0.1) is 0 Å². The first kappa shape index (κ1) is 24.4. The Labute approximate surface area is 202 Å². The molecule has 0 aliphatic carbocycles. The number of benzene rings is 3. The van der Waals surface area contributed by atoms with E-state index in [1.807, 2.05) is 0 Å². The molecule has 1 aliphatic heterocycles. The molecule has 3 aromatic rings. The Morgan fingerprint density at radius 2 is 1.32 bits per heavy atom. The minimum atomic E-state index is -1.16. The molecule has 0 unspecified atom stereocenters. The third kappa shape index (κ3) is 6.39. The molecule has 0 bridgehead atoms. The summed E-state index contributed by atoms with van der Waals surface area (Å²) in [6.07, 6.45) is 0. The molecule has 0 amide bonds. The van der Waals surface area contributed by atoms with E-state index >= 15 is 0 Å². The number of hydrogen-bond donors (Lipinski definition) is 0. The quantitative estimate of drug-likeness (QED) is 0.315. The average molecular weight is 525 g/mol. The molecule has 0 saturated carbocycles. The summed E-state index contributed by atoms with van der Waals surface area (Å²) in [7, 11) is 8.75. The molecule has 0 aromatic heterocycles. The van der Waals surface area contributed by atoms with Gasteiger partial charge in [-0.3, -0.25) is 0 Å². The molecule has 6 heteroatoms. The van der Waals surface area contributed by atoms with Crippen LogP contribution >= 0.6 is 27.3 Å². The van der Waals surface area contributed by atoms with Gasteiger partial charge in [-0.05, 0) is 41.8 Å². The summed E-state index contributed by atoms with van der Waals surface area (Å²) in [4.78, 5) is 4.97. The van der Waals surface area contributed by atoms with Crippen molar-refractivity contribution in [2.45, 2.75) is 26.8 Å². The SMILES string of the molecule is CC(C)(C)[C@H]1COC(c2ccccc2[PH+](c2ccccc2)c2ccccc2)=N1.[Cl][Zn][Cl]. The molecular formula is C25H27Cl2NOPZn+. The first-order valence-corrected chi connectivity index (χ1v) is 19.7. The van der Waals surface area contributed by atoms with Crippen LogP contribution in [0, 0.1) is 5.41 Å². The van der Waals surface area contributed by atoms with Gasteiger partial charge >= 0.3 is 34.5 Å². The van der Waals surface area contributed by atoms with E-state index in [1.165, 1.54) is 15.9 Å². The van der Waals surface area contributed by atoms with Crippen molar-refractivity contribution in [3.63, 3.8) is 0 Å². The summed E-state index contributed by atoms with van der Waals surface area (Å²) >= 11 is -0.931. The third-order valence-electron chi connectivity index (χ3n) is 5.20. The summed E-state index contributed by atoms with van der Waals surface area (Å²) in [5.74, 6) is 0.796. The molecule has 0 radical (unpaired) electrons. The van der Waals surface area contributed by atoms with Crippen molar-refractivity contribution in [1.29, 1.82) is 0 Å². The second-order valence-corrected chi connectivity index (χ2v) is 15.4. The van der Waals surface area contributed by atoms with Crippen molar-refractivity contribution in [2.24, 2.45) is 10.4 Å². The molecule has 4 rings (SSSR count). The van der Waals surface area contributed by atoms with Crippen molar-refractivity contribution in [1.82, 2.24) is 0 Å². The van der Waals surface area contributed by atoms with Crippen LogP contribution in [0.15, 0.2) is 89.9 Å². The fourth-order valence-corrected chi connectivity index (χ4v) is 6.27. The van der Waals surface area contributed by atoms with E-state index in [-0.39, 0.29) is 11.5 Å². The zero-order valence-corrected chi connectivity index (χ0v) is 23.7. The zero-order chi connectivity index (χ0) is 22.3. The number of nitrogens with zero attached hydrogens (tertiary/aromatic N) is 1. The summed E-state index contributed by atoms with van der Waals surface area (Å²) in [6.45, 7) is 7.33. The average Bonchev–Trinajstić information content (AvgIpc) is 3.27. The van der Waals surface area contributed by atoms with Gasteiger partial charge in [0.05, 0.1) is 19.5 Å². The Balaban J connectivity index is 0.000000858. The molecule has 0 N–H and O–H groups in total. The fourth-order valence-electron chi connectivity index (χ4n) is 3.54. The topological polar surface area (TPSA) is 21.6 Å². The zero-order valence-electron chi connectivity index (χ0n) is 18.2. The monoisotopic (exact) mass is 522 g/mol. The molecule has 0 spiro atoms. The Bertz CT molecular complexity index is 954. The summed E-state index contributed by atoms with van der Waals surface area (Å²) in [5.41, 5.74) is 1.24. The number of rotatable bonds is 4. The number of aliphatic imine (C=N–C) groups is 1. The van der Waals surface area contributed by atoms with Crippen molar-refractivity contribution in [3.05, 3.63) is 90.5 Å². The van der Waals surface area contributed by atoms with Crippen molar-refractivity contribution >= 4 is 49.1 Å². The first-order chi connectivity index (χ1) is 15.0. The maximum atomic E-state index is 6.11. The first-order valence-electron chi connectivity index (χ1n) is 10.4. The molecule has 2 nitrogen and oxygen atoms in total. The number of hydrogen-bond acceptors (Lipinski definition) is 2. The van der Waals surface area contributed by atoms with Crippen molar-refractivity contribution < 1.29 is 19.9 Å². The van der Waals surface area contributed by atoms with Crippen LogP contribution in [0.1, 0.15) is 26.3 Å². The maximum absolute atomic E-state index is 6.11. The van der Waals surface area contributed by atoms with Gasteiger partial charge in [-0.2, -0.15) is 0 Å². The molecule has 1 atom stereocenters. The summed E-state index contributed by atoms with van der Waals surface area (Å²) < 4.78 is 6.11. The molecule has 1 heterocycles. The molecule has 1 aliphatic rings. The van der Waals surface area contributed by atoms with E-state index < -0.39 is 23.1 Å². The molecule has 31 heavy (non-hydrogen) atoms. The molecule has 3 aromatic carbocycles. The van der Waals surface area contributed by atoms with Gasteiger partial charge in [-0.25, -0.2) is 4.99 Å². The third-order valence-corrected chi connectivity index (χ3v) is 8.00. The van der Waals surface area contributed by atoms with Crippen molar-refractivity contribution in [2.75, 3.05) is 6.61 Å². The molecule has 158 valence electrons. The van der Waals surface area contributed by atoms with E-state index in [0.29, 0.717) is 6.61 Å². The van der Waals surface area contributed by atoms with Crippen LogP contribution in [0.3, 0.4) is 0 Å². The van der Waals surface area contributed by atoms with E-state index in [9.17, 15) is 0 Å². The van der Waals surface area contributed by atoms with E-state index in [0.717, 1.165) is 11.5 Å². The van der Waals surface area contributed by atoms with Crippen LogP contribution in [0.2, 0.25) is 0 Å². The predicted molar refractivity (Wildman–Crippen MR) is 134 cm³/mol. The van der Waals surface area contributed by atoms with Gasteiger partial charge in [0.1, 0.15) is 22.5 Å². The van der Waals surface area contributed by atoms with E-state index in [1.54, 1.807) is 0 Å². The van der Waals surface area contributed by atoms with Gasteiger partial charge in [0.15, 0.2) is 0 Å². The van der Waals surface area contributed by atoms with Crippen LogP contribution in [0.25, 0.3) is 0 Å². The number of ether oxygens (including phenoxy) is 1. The van der Waals surface area contributed by atoms with Crippen LogP contribution in [-0.4, -0.2) is 18.5 Å². The normalized spacial score (nSPS) is 15.4. The molecule has 0 fully saturated rings. The van der Waals surface area contributed by atoms with Crippen molar-refractivity contribution in [3.8, 4) is 0 Å². The van der Waals surface area contributed by atoms with Gasteiger partial charge in [0.2, 0.25) is 5.90 Å². The Morgan fingerprint density at radius 3 is 1.81 bits per heavy atom. The predicted octanol–water partition coefficient (Wildman–Crippen LogP) is 5.75. The molecule has 0 saturated heterocycles. The summed E-state index contributed by atoms with van der Waals surface area (Å²) in [6, 6.07) is 30.5. The Hall–Kier alpha value is -1.24.